The Morgan fingerprint density at radius 3 is 2.57 bits per heavy atom. The average Bonchev–Trinajstić information content (AvgIpc) is 3.19. The quantitative estimate of drug-likeness (QED) is 0.471. The fraction of sp³-hybridized carbons (Fsp3) is 0.286. The summed E-state index contributed by atoms with van der Waals surface area (Å²) in [5.41, 5.74) is 1.96. The van der Waals surface area contributed by atoms with E-state index < -0.39 is 20.9 Å². The highest BCUT2D eigenvalue weighted by Crippen LogP contribution is 2.30. The van der Waals surface area contributed by atoms with Crippen LogP contribution in [0, 0.1) is 5.82 Å². The first-order chi connectivity index (χ1) is 14.3. The molecule has 30 heavy (non-hydrogen) atoms. The summed E-state index contributed by atoms with van der Waals surface area (Å²) in [5.74, 6) is -0.536. The zero-order valence-corrected chi connectivity index (χ0v) is 19.0. The van der Waals surface area contributed by atoms with Crippen LogP contribution in [-0.4, -0.2) is 31.7 Å². The van der Waals surface area contributed by atoms with E-state index in [-0.39, 0.29) is 4.90 Å². The Morgan fingerprint density at radius 2 is 1.87 bits per heavy atom. The maximum atomic E-state index is 13.5. The van der Waals surface area contributed by atoms with E-state index in [1.807, 2.05) is 17.5 Å². The molecule has 0 spiro atoms. The first-order valence-corrected chi connectivity index (χ1v) is 12.6. The van der Waals surface area contributed by atoms with Gasteiger partial charge in [0.15, 0.2) is 15.0 Å². The fourth-order valence-electron chi connectivity index (χ4n) is 3.58. The lowest BCUT2D eigenvalue weighted by molar-refractivity contribution is 0.528. The van der Waals surface area contributed by atoms with Gasteiger partial charge in [0.2, 0.25) is 0 Å². The molecule has 1 aliphatic heterocycles. The first-order valence-electron chi connectivity index (χ1n) is 9.45. The monoisotopic (exact) mass is 484 g/mol. The number of piperidine rings is 1. The Labute approximate surface area is 189 Å². The summed E-state index contributed by atoms with van der Waals surface area (Å²) < 4.78 is 39.1. The largest absolute Gasteiger partial charge is 0.348 e. The van der Waals surface area contributed by atoms with Crippen molar-refractivity contribution < 1.29 is 12.8 Å². The van der Waals surface area contributed by atoms with Gasteiger partial charge in [-0.15, -0.1) is 11.3 Å². The van der Waals surface area contributed by atoms with Crippen LogP contribution in [0.2, 0.25) is 10.0 Å². The highest BCUT2D eigenvalue weighted by atomic mass is 35.5. The summed E-state index contributed by atoms with van der Waals surface area (Å²) in [5, 5.41) is 3.42. The van der Waals surface area contributed by atoms with Crippen LogP contribution in [0.5, 0.6) is 0 Å². The number of aromatic nitrogens is 1. The third-order valence-corrected chi connectivity index (χ3v) is 9.13. The van der Waals surface area contributed by atoms with Gasteiger partial charge in [-0.3, -0.25) is 0 Å². The highest BCUT2D eigenvalue weighted by Gasteiger charge is 2.32. The van der Waals surface area contributed by atoms with Crippen LogP contribution in [0.15, 0.2) is 52.7 Å². The SMILES string of the molecule is O=S(=O)(c1cccc(F)c1)C1CCN(c2nc(Cc3ccc(Cl)c(Cl)c3)cs2)CC1. The summed E-state index contributed by atoms with van der Waals surface area (Å²) >= 11 is 13.6. The van der Waals surface area contributed by atoms with Crippen molar-refractivity contribution in [3.8, 4) is 0 Å². The molecule has 0 radical (unpaired) electrons. The van der Waals surface area contributed by atoms with Crippen LogP contribution in [0.1, 0.15) is 24.1 Å². The minimum absolute atomic E-state index is 0.0547. The molecule has 1 aromatic heterocycles. The van der Waals surface area contributed by atoms with E-state index in [0.717, 1.165) is 22.5 Å². The van der Waals surface area contributed by atoms with E-state index in [0.29, 0.717) is 42.4 Å². The number of sulfone groups is 1. The van der Waals surface area contributed by atoms with E-state index >= 15 is 0 Å². The molecule has 9 heteroatoms. The fourth-order valence-corrected chi connectivity index (χ4v) is 6.54. The summed E-state index contributed by atoms with van der Waals surface area (Å²) in [6.45, 7) is 1.19. The van der Waals surface area contributed by atoms with Crippen molar-refractivity contribution in [3.63, 3.8) is 0 Å². The van der Waals surface area contributed by atoms with Crippen LogP contribution >= 0.6 is 34.5 Å². The number of hydrogen-bond donors (Lipinski definition) is 0. The number of benzene rings is 2. The molecule has 2 heterocycles. The minimum Gasteiger partial charge on any atom is -0.348 e. The standard InChI is InChI=1S/C21H19Cl2FN2O2S2/c22-19-5-4-14(11-20(19)23)10-16-13-29-21(25-16)26-8-6-17(7-9-26)30(27,28)18-3-1-2-15(24)12-18/h1-5,11-13,17H,6-10H2. The summed E-state index contributed by atoms with van der Waals surface area (Å²) in [6.07, 6.45) is 1.62. The lowest BCUT2D eigenvalue weighted by atomic mass is 10.1. The van der Waals surface area contributed by atoms with Crippen LogP contribution in [0.3, 0.4) is 0 Å². The predicted molar refractivity (Wildman–Crippen MR) is 120 cm³/mol. The zero-order valence-electron chi connectivity index (χ0n) is 15.9. The Hall–Kier alpha value is -1.67. The van der Waals surface area contributed by atoms with E-state index in [1.165, 1.54) is 18.2 Å². The van der Waals surface area contributed by atoms with Crippen molar-refractivity contribution in [1.29, 1.82) is 0 Å². The molecular formula is C21H19Cl2FN2O2S2. The lowest BCUT2D eigenvalue weighted by Gasteiger charge is -2.31. The van der Waals surface area contributed by atoms with Crippen molar-refractivity contribution in [2.24, 2.45) is 0 Å². The molecule has 1 fully saturated rings. The van der Waals surface area contributed by atoms with Gasteiger partial charge in [0, 0.05) is 24.9 Å². The second kappa shape index (κ2) is 8.83. The second-order valence-corrected chi connectivity index (χ2v) is 11.1. The van der Waals surface area contributed by atoms with Crippen molar-refractivity contribution in [2.45, 2.75) is 29.4 Å². The smallest absolute Gasteiger partial charge is 0.185 e. The average molecular weight is 485 g/mol. The molecule has 0 amide bonds. The van der Waals surface area contributed by atoms with Crippen LogP contribution < -0.4 is 4.90 Å². The van der Waals surface area contributed by atoms with Crippen molar-refractivity contribution in [3.05, 3.63) is 75.0 Å². The van der Waals surface area contributed by atoms with Crippen LogP contribution in [0.4, 0.5) is 9.52 Å². The van der Waals surface area contributed by atoms with E-state index in [2.05, 4.69) is 4.90 Å². The molecule has 0 bridgehead atoms. The van der Waals surface area contributed by atoms with Gasteiger partial charge in [-0.2, -0.15) is 0 Å². The van der Waals surface area contributed by atoms with E-state index in [1.54, 1.807) is 17.4 Å². The Morgan fingerprint density at radius 1 is 1.10 bits per heavy atom. The van der Waals surface area contributed by atoms with Gasteiger partial charge in [0.05, 0.1) is 25.9 Å². The predicted octanol–water partition coefficient (Wildman–Crippen LogP) is 5.62. The number of halogens is 3. The van der Waals surface area contributed by atoms with Crippen LogP contribution in [0.25, 0.3) is 0 Å². The normalized spacial score (nSPS) is 15.5. The maximum Gasteiger partial charge on any atom is 0.185 e. The number of anilines is 1. The van der Waals surface area contributed by atoms with Gasteiger partial charge in [0.25, 0.3) is 0 Å². The summed E-state index contributed by atoms with van der Waals surface area (Å²) in [6, 6.07) is 10.8. The molecule has 1 aliphatic rings. The van der Waals surface area contributed by atoms with E-state index in [9.17, 15) is 12.8 Å². The topological polar surface area (TPSA) is 50.3 Å². The second-order valence-electron chi connectivity index (χ2n) is 7.24. The zero-order chi connectivity index (χ0) is 21.3. The van der Waals surface area contributed by atoms with Gasteiger partial charge in [-0.25, -0.2) is 17.8 Å². The van der Waals surface area contributed by atoms with Crippen LogP contribution in [-0.2, 0) is 16.3 Å². The third-order valence-electron chi connectivity index (χ3n) is 5.18. The van der Waals surface area contributed by atoms with Crippen molar-refractivity contribution in [1.82, 2.24) is 4.98 Å². The first kappa shape index (κ1) is 21.6. The van der Waals surface area contributed by atoms with Gasteiger partial charge >= 0.3 is 0 Å². The molecule has 0 unspecified atom stereocenters. The Bertz CT molecular complexity index is 1160. The number of thiazole rings is 1. The molecule has 4 nitrogen and oxygen atoms in total. The molecule has 0 atom stereocenters. The summed E-state index contributed by atoms with van der Waals surface area (Å²) in [4.78, 5) is 6.87. The number of rotatable bonds is 5. The Balaban J connectivity index is 1.40. The van der Waals surface area contributed by atoms with Gasteiger partial charge in [0.1, 0.15) is 5.82 Å². The summed E-state index contributed by atoms with van der Waals surface area (Å²) in [7, 11) is -3.54. The molecular weight excluding hydrogens is 466 g/mol. The van der Waals surface area contributed by atoms with Gasteiger partial charge in [-0.05, 0) is 48.7 Å². The molecule has 3 aromatic rings. The number of hydrogen-bond acceptors (Lipinski definition) is 5. The Kier molecular flexibility index (Phi) is 6.34. The van der Waals surface area contributed by atoms with Crippen molar-refractivity contribution >= 4 is 49.5 Å². The van der Waals surface area contributed by atoms with E-state index in [4.69, 9.17) is 28.2 Å². The lowest BCUT2D eigenvalue weighted by Crippen LogP contribution is -2.39. The molecule has 0 aliphatic carbocycles. The molecule has 2 aromatic carbocycles. The minimum atomic E-state index is -3.54. The molecule has 1 saturated heterocycles. The molecule has 4 rings (SSSR count). The van der Waals surface area contributed by atoms with Gasteiger partial charge < -0.3 is 4.90 Å². The van der Waals surface area contributed by atoms with Crippen molar-refractivity contribution in [2.75, 3.05) is 18.0 Å². The van der Waals surface area contributed by atoms with Gasteiger partial charge in [-0.1, -0.05) is 35.3 Å². The highest BCUT2D eigenvalue weighted by molar-refractivity contribution is 7.92. The number of nitrogens with zero attached hydrogens (tertiary/aromatic N) is 2. The maximum absolute atomic E-state index is 13.5. The molecule has 158 valence electrons. The molecule has 0 saturated carbocycles. The third kappa shape index (κ3) is 4.64. The molecule has 0 N–H and O–H groups in total.